The highest BCUT2D eigenvalue weighted by atomic mass is 32.3. The van der Waals surface area contributed by atoms with E-state index in [1.54, 1.807) is 0 Å². The van der Waals surface area contributed by atoms with Crippen LogP contribution in [-0.2, 0) is 19.7 Å². The first-order valence-corrected chi connectivity index (χ1v) is 9.41. The zero-order valence-electron chi connectivity index (χ0n) is 10.6. The Morgan fingerprint density at radius 1 is 0.957 bits per heavy atom. The van der Waals surface area contributed by atoms with E-state index in [0.717, 1.165) is 12.1 Å². The van der Waals surface area contributed by atoms with Crippen molar-refractivity contribution in [3.8, 4) is 0 Å². The molecule has 0 saturated heterocycles. The molecule has 0 fully saturated rings. The molecule has 0 aliphatic heterocycles. The van der Waals surface area contributed by atoms with Gasteiger partial charge in [0.1, 0.15) is 0 Å². The Morgan fingerprint density at radius 3 is 1.70 bits per heavy atom. The van der Waals surface area contributed by atoms with E-state index >= 15 is 0 Å². The normalized spacial score (nSPS) is 19.1. The summed E-state index contributed by atoms with van der Waals surface area (Å²) >= 11 is 0.631. The first kappa shape index (κ1) is 18.3. The second kappa shape index (κ2) is 4.96. The molecule has 0 unspecified atom stereocenters. The standard InChI is InChI=1S/C10H6F6O4S3/c11-9(12,13)22(17,18)8(23(19,20)10(14,15)16)4-3-6(8)7-2-1-5-21-7/h1-3,5H,4H2. The first-order chi connectivity index (χ1) is 10.2. The van der Waals surface area contributed by atoms with Crippen molar-refractivity contribution in [1.82, 2.24) is 0 Å². The van der Waals surface area contributed by atoms with Crippen LogP contribution in [0, 0.1) is 0 Å². The van der Waals surface area contributed by atoms with Crippen LogP contribution in [0.3, 0.4) is 0 Å². The van der Waals surface area contributed by atoms with Crippen molar-refractivity contribution in [2.24, 2.45) is 0 Å². The summed E-state index contributed by atoms with van der Waals surface area (Å²) in [5.74, 6) is 0. The molecule has 2 rings (SSSR count). The van der Waals surface area contributed by atoms with E-state index in [1.807, 2.05) is 0 Å². The fourth-order valence-corrected chi connectivity index (χ4v) is 7.13. The van der Waals surface area contributed by atoms with Gasteiger partial charge in [0.05, 0.1) is 0 Å². The molecule has 1 heterocycles. The van der Waals surface area contributed by atoms with Gasteiger partial charge in [-0.2, -0.15) is 26.3 Å². The third-order valence-corrected chi connectivity index (χ3v) is 9.20. The van der Waals surface area contributed by atoms with Crippen molar-refractivity contribution in [2.75, 3.05) is 0 Å². The van der Waals surface area contributed by atoms with E-state index in [9.17, 15) is 43.2 Å². The number of sulfone groups is 2. The van der Waals surface area contributed by atoms with Crippen molar-refractivity contribution < 1.29 is 43.2 Å². The summed E-state index contributed by atoms with van der Waals surface area (Å²) in [6.45, 7) is 0. The maximum atomic E-state index is 12.8. The zero-order chi connectivity index (χ0) is 17.9. The quantitative estimate of drug-likeness (QED) is 0.732. The summed E-state index contributed by atoms with van der Waals surface area (Å²) in [6.07, 6.45) is -0.692. The highest BCUT2D eigenvalue weighted by Gasteiger charge is 2.76. The van der Waals surface area contributed by atoms with Gasteiger partial charge in [-0.3, -0.25) is 0 Å². The number of hydrogen-bond acceptors (Lipinski definition) is 5. The van der Waals surface area contributed by atoms with Gasteiger partial charge < -0.3 is 0 Å². The van der Waals surface area contributed by atoms with Crippen LogP contribution in [0.5, 0.6) is 0 Å². The van der Waals surface area contributed by atoms with Gasteiger partial charge >= 0.3 is 11.0 Å². The molecule has 0 radical (unpaired) electrons. The Morgan fingerprint density at radius 2 is 1.43 bits per heavy atom. The number of rotatable bonds is 3. The number of allylic oxidation sites excluding steroid dienone is 1. The lowest BCUT2D eigenvalue weighted by atomic mass is 9.96. The molecule has 0 spiro atoms. The monoisotopic (exact) mass is 400 g/mol. The summed E-state index contributed by atoms with van der Waals surface area (Å²) in [6, 6.07) is 2.28. The maximum Gasteiger partial charge on any atom is 0.499 e. The fourth-order valence-electron chi connectivity index (χ4n) is 2.12. The molecule has 0 saturated carbocycles. The van der Waals surface area contributed by atoms with E-state index in [2.05, 4.69) is 0 Å². The zero-order valence-corrected chi connectivity index (χ0v) is 13.1. The van der Waals surface area contributed by atoms with Crippen LogP contribution in [0.2, 0.25) is 0 Å². The predicted molar refractivity (Wildman–Crippen MR) is 69.6 cm³/mol. The Balaban J connectivity index is 2.84. The van der Waals surface area contributed by atoms with Gasteiger partial charge in [0, 0.05) is 16.9 Å². The molecule has 0 aromatic carbocycles. The summed E-state index contributed by atoms with van der Waals surface area (Å²) in [5.41, 5.74) is -13.4. The Hall–Kier alpha value is -1.08. The van der Waals surface area contributed by atoms with E-state index in [4.69, 9.17) is 0 Å². The van der Waals surface area contributed by atoms with Gasteiger partial charge in [0.2, 0.25) is 4.08 Å². The molecule has 0 N–H and O–H groups in total. The molecule has 4 nitrogen and oxygen atoms in total. The Bertz CT molecular complexity index is 799. The number of halogens is 6. The topological polar surface area (TPSA) is 68.3 Å². The summed E-state index contributed by atoms with van der Waals surface area (Å²) in [4.78, 5) is -0.295. The summed E-state index contributed by atoms with van der Waals surface area (Å²) in [5, 5.41) is 1.26. The lowest BCUT2D eigenvalue weighted by Gasteiger charge is -2.40. The van der Waals surface area contributed by atoms with Crippen LogP contribution in [0.4, 0.5) is 26.3 Å². The van der Waals surface area contributed by atoms with E-state index < -0.39 is 46.8 Å². The summed E-state index contributed by atoms with van der Waals surface area (Å²) < 4.78 is 120. The van der Waals surface area contributed by atoms with Crippen molar-refractivity contribution in [1.29, 1.82) is 0 Å². The minimum absolute atomic E-state index is 0.295. The fraction of sp³-hybridized carbons (Fsp3) is 0.400. The molecule has 1 aliphatic carbocycles. The van der Waals surface area contributed by atoms with Crippen molar-refractivity contribution in [2.45, 2.75) is 21.5 Å². The largest absolute Gasteiger partial charge is 0.499 e. The predicted octanol–water partition coefficient (Wildman–Crippen LogP) is 3.10. The third kappa shape index (κ3) is 2.23. The molecular weight excluding hydrogens is 394 g/mol. The third-order valence-electron chi connectivity index (χ3n) is 3.25. The molecule has 23 heavy (non-hydrogen) atoms. The number of alkyl halides is 6. The SMILES string of the molecule is O=S(=O)(C(F)(F)F)C1(S(=O)(=O)C(F)(F)F)CC=C1c1cccs1. The second-order valence-corrected chi connectivity index (χ2v) is 9.99. The lowest BCUT2D eigenvalue weighted by molar-refractivity contribution is -0.0484. The molecule has 0 atom stereocenters. The molecule has 130 valence electrons. The number of hydrogen-bond donors (Lipinski definition) is 0. The summed E-state index contributed by atoms with van der Waals surface area (Å²) in [7, 11) is -13.4. The van der Waals surface area contributed by atoms with Crippen molar-refractivity contribution in [3.05, 3.63) is 28.5 Å². The van der Waals surface area contributed by atoms with Gasteiger partial charge in [0.25, 0.3) is 19.7 Å². The van der Waals surface area contributed by atoms with Crippen molar-refractivity contribution >= 4 is 36.6 Å². The average Bonchev–Trinajstić information content (AvgIpc) is 2.77. The minimum Gasteiger partial charge on any atom is -0.217 e. The maximum absolute atomic E-state index is 12.8. The molecule has 13 heteroatoms. The number of thiophene rings is 1. The van der Waals surface area contributed by atoms with Crippen molar-refractivity contribution in [3.63, 3.8) is 0 Å². The van der Waals surface area contributed by atoms with Gasteiger partial charge in [-0.25, -0.2) is 16.8 Å². The second-order valence-electron chi connectivity index (χ2n) is 4.45. The molecule has 0 bridgehead atoms. The minimum atomic E-state index is -6.69. The van der Waals surface area contributed by atoms with Crippen LogP contribution >= 0.6 is 11.3 Å². The highest BCUT2D eigenvalue weighted by Crippen LogP contribution is 2.57. The van der Waals surface area contributed by atoms with Gasteiger partial charge in [-0.15, -0.1) is 11.3 Å². The molecule has 1 aromatic rings. The smallest absolute Gasteiger partial charge is 0.217 e. The van der Waals surface area contributed by atoms with Gasteiger partial charge in [-0.05, 0) is 11.4 Å². The molecule has 1 aromatic heterocycles. The lowest BCUT2D eigenvalue weighted by Crippen LogP contribution is -2.59. The van der Waals surface area contributed by atoms with Crippen LogP contribution in [0.1, 0.15) is 11.3 Å². The van der Waals surface area contributed by atoms with Gasteiger partial charge in [-0.1, -0.05) is 12.1 Å². The van der Waals surface area contributed by atoms with Crippen LogP contribution in [0.25, 0.3) is 5.57 Å². The van der Waals surface area contributed by atoms with Gasteiger partial charge in [0.15, 0.2) is 0 Å². The highest BCUT2D eigenvalue weighted by molar-refractivity contribution is 8.12. The Labute approximate surface area is 130 Å². The average molecular weight is 400 g/mol. The van der Waals surface area contributed by atoms with E-state index in [1.165, 1.54) is 11.4 Å². The molecule has 0 amide bonds. The van der Waals surface area contributed by atoms with Crippen LogP contribution < -0.4 is 0 Å². The van der Waals surface area contributed by atoms with E-state index in [-0.39, 0.29) is 4.88 Å². The molecular formula is C10H6F6O4S3. The Kier molecular flexibility index (Phi) is 3.94. The van der Waals surface area contributed by atoms with Crippen LogP contribution in [-0.4, -0.2) is 31.9 Å². The first-order valence-electron chi connectivity index (χ1n) is 5.56. The van der Waals surface area contributed by atoms with Crippen LogP contribution in [0.15, 0.2) is 23.6 Å². The molecule has 1 aliphatic rings. The van der Waals surface area contributed by atoms with E-state index in [0.29, 0.717) is 11.3 Å².